The van der Waals surface area contributed by atoms with Crippen molar-refractivity contribution in [3.63, 3.8) is 0 Å². The molecule has 0 fully saturated rings. The third-order valence-corrected chi connectivity index (χ3v) is 4.46. The van der Waals surface area contributed by atoms with Crippen LogP contribution in [0.4, 0.5) is 0 Å². The van der Waals surface area contributed by atoms with Gasteiger partial charge in [-0.25, -0.2) is 9.97 Å². The van der Waals surface area contributed by atoms with Crippen molar-refractivity contribution in [1.29, 1.82) is 0 Å². The first-order valence-corrected chi connectivity index (χ1v) is 7.28. The Labute approximate surface area is 124 Å². The van der Waals surface area contributed by atoms with E-state index in [2.05, 4.69) is 31.2 Å². The number of methoxy groups -OCH3 is 2. The molecule has 2 heterocycles. The standard InChI is InChI=1S/C12H14BrN3O2S/c1-17-11-8(12(18-2)16-7-15-11)5-14-6-10-9(13)3-4-19-10/h3-4,7,14H,5-6H2,1-2H3. The van der Waals surface area contributed by atoms with Crippen LogP contribution < -0.4 is 14.8 Å². The Balaban J connectivity index is 2.04. The second-order valence-electron chi connectivity index (χ2n) is 3.67. The van der Waals surface area contributed by atoms with Gasteiger partial charge in [0.15, 0.2) is 0 Å². The number of hydrogen-bond acceptors (Lipinski definition) is 6. The number of thiophene rings is 1. The molecule has 0 aliphatic heterocycles. The molecule has 2 rings (SSSR count). The molecule has 19 heavy (non-hydrogen) atoms. The topological polar surface area (TPSA) is 56.3 Å². The molecule has 0 aliphatic rings. The molecule has 102 valence electrons. The van der Waals surface area contributed by atoms with Gasteiger partial charge in [0, 0.05) is 22.4 Å². The predicted molar refractivity (Wildman–Crippen MR) is 77.7 cm³/mol. The molecule has 2 aromatic rings. The van der Waals surface area contributed by atoms with Crippen molar-refractivity contribution < 1.29 is 9.47 Å². The molecule has 0 bridgehead atoms. The van der Waals surface area contributed by atoms with Crippen molar-refractivity contribution >= 4 is 27.3 Å². The molecular weight excluding hydrogens is 330 g/mol. The maximum Gasteiger partial charge on any atom is 0.224 e. The number of nitrogens with one attached hydrogen (secondary N) is 1. The van der Waals surface area contributed by atoms with E-state index in [1.807, 2.05) is 11.4 Å². The lowest BCUT2D eigenvalue weighted by Gasteiger charge is -2.11. The smallest absolute Gasteiger partial charge is 0.224 e. The fourth-order valence-corrected chi connectivity index (χ4v) is 3.10. The lowest BCUT2D eigenvalue weighted by atomic mass is 10.3. The van der Waals surface area contributed by atoms with Crippen LogP contribution >= 0.6 is 27.3 Å². The molecule has 0 amide bonds. The van der Waals surface area contributed by atoms with E-state index in [0.717, 1.165) is 16.6 Å². The Morgan fingerprint density at radius 3 is 2.42 bits per heavy atom. The largest absolute Gasteiger partial charge is 0.481 e. The van der Waals surface area contributed by atoms with Gasteiger partial charge >= 0.3 is 0 Å². The minimum atomic E-state index is 0.532. The minimum Gasteiger partial charge on any atom is -0.481 e. The Hall–Kier alpha value is -1.18. The van der Waals surface area contributed by atoms with Gasteiger partial charge in [0.25, 0.3) is 0 Å². The van der Waals surface area contributed by atoms with Crippen LogP contribution in [-0.2, 0) is 13.1 Å². The van der Waals surface area contributed by atoms with Crippen LogP contribution in [0.15, 0.2) is 22.2 Å². The maximum absolute atomic E-state index is 5.22. The Kier molecular flexibility index (Phi) is 5.12. The molecule has 0 saturated heterocycles. The van der Waals surface area contributed by atoms with Gasteiger partial charge < -0.3 is 14.8 Å². The van der Waals surface area contributed by atoms with Gasteiger partial charge in [-0.2, -0.15) is 0 Å². The van der Waals surface area contributed by atoms with Gasteiger partial charge in [0.1, 0.15) is 6.33 Å². The summed E-state index contributed by atoms with van der Waals surface area (Å²) in [5.41, 5.74) is 0.820. The molecular formula is C12H14BrN3O2S. The average Bonchev–Trinajstić information content (AvgIpc) is 2.84. The van der Waals surface area contributed by atoms with Crippen molar-refractivity contribution in [3.8, 4) is 11.8 Å². The second kappa shape index (κ2) is 6.83. The molecule has 2 aromatic heterocycles. The number of ether oxygens (including phenoxy) is 2. The highest BCUT2D eigenvalue weighted by Crippen LogP contribution is 2.25. The second-order valence-corrected chi connectivity index (χ2v) is 5.52. The molecule has 0 radical (unpaired) electrons. The molecule has 5 nitrogen and oxygen atoms in total. The van der Waals surface area contributed by atoms with Crippen molar-refractivity contribution in [2.45, 2.75) is 13.1 Å². The zero-order chi connectivity index (χ0) is 13.7. The highest BCUT2D eigenvalue weighted by Gasteiger charge is 2.12. The van der Waals surface area contributed by atoms with E-state index in [4.69, 9.17) is 9.47 Å². The molecule has 0 atom stereocenters. The fourth-order valence-electron chi connectivity index (χ4n) is 1.64. The molecule has 1 N–H and O–H groups in total. The van der Waals surface area contributed by atoms with Crippen LogP contribution in [0.3, 0.4) is 0 Å². The Bertz CT molecular complexity index is 525. The first-order valence-electron chi connectivity index (χ1n) is 5.60. The van der Waals surface area contributed by atoms with Gasteiger partial charge in [0.2, 0.25) is 11.8 Å². The lowest BCUT2D eigenvalue weighted by Crippen LogP contribution is -2.14. The van der Waals surface area contributed by atoms with Gasteiger partial charge in [0.05, 0.1) is 19.8 Å². The van der Waals surface area contributed by atoms with Gasteiger partial charge in [-0.3, -0.25) is 0 Å². The fraction of sp³-hybridized carbons (Fsp3) is 0.333. The van der Waals surface area contributed by atoms with E-state index in [9.17, 15) is 0 Å². The summed E-state index contributed by atoms with van der Waals surface area (Å²) >= 11 is 5.21. The average molecular weight is 344 g/mol. The number of aromatic nitrogens is 2. The SMILES string of the molecule is COc1ncnc(OC)c1CNCc1sccc1Br. The van der Waals surface area contributed by atoms with Crippen LogP contribution in [-0.4, -0.2) is 24.2 Å². The van der Waals surface area contributed by atoms with Crippen molar-refractivity contribution in [2.24, 2.45) is 0 Å². The third kappa shape index (κ3) is 3.43. The summed E-state index contributed by atoms with van der Waals surface area (Å²) in [5, 5.41) is 5.38. The normalized spacial score (nSPS) is 10.5. The van der Waals surface area contributed by atoms with Crippen molar-refractivity contribution in [1.82, 2.24) is 15.3 Å². The van der Waals surface area contributed by atoms with Crippen LogP contribution in [0.25, 0.3) is 0 Å². The first kappa shape index (κ1) is 14.2. The molecule has 0 saturated carbocycles. The monoisotopic (exact) mass is 343 g/mol. The molecule has 0 spiro atoms. The van der Waals surface area contributed by atoms with E-state index in [1.165, 1.54) is 11.2 Å². The minimum absolute atomic E-state index is 0.532. The predicted octanol–water partition coefficient (Wildman–Crippen LogP) is 2.61. The van der Waals surface area contributed by atoms with Crippen LogP contribution in [0, 0.1) is 0 Å². The molecule has 0 aliphatic carbocycles. The Morgan fingerprint density at radius 1 is 1.21 bits per heavy atom. The molecule has 0 aromatic carbocycles. The lowest BCUT2D eigenvalue weighted by molar-refractivity contribution is 0.359. The van der Waals surface area contributed by atoms with E-state index in [1.54, 1.807) is 25.6 Å². The van der Waals surface area contributed by atoms with Crippen LogP contribution in [0.2, 0.25) is 0 Å². The van der Waals surface area contributed by atoms with Crippen molar-refractivity contribution in [3.05, 3.63) is 32.7 Å². The van der Waals surface area contributed by atoms with Crippen LogP contribution in [0.1, 0.15) is 10.4 Å². The quantitative estimate of drug-likeness (QED) is 0.873. The summed E-state index contributed by atoms with van der Waals surface area (Å²) in [6, 6.07) is 2.04. The summed E-state index contributed by atoms with van der Waals surface area (Å²) in [6.07, 6.45) is 1.43. The number of hydrogen-bond donors (Lipinski definition) is 1. The zero-order valence-corrected chi connectivity index (χ0v) is 13.0. The van der Waals surface area contributed by atoms with E-state index < -0.39 is 0 Å². The summed E-state index contributed by atoms with van der Waals surface area (Å²) in [5.74, 6) is 1.06. The van der Waals surface area contributed by atoms with Gasteiger partial charge in [-0.1, -0.05) is 0 Å². The van der Waals surface area contributed by atoms with Gasteiger partial charge in [-0.05, 0) is 27.4 Å². The third-order valence-electron chi connectivity index (χ3n) is 2.53. The van der Waals surface area contributed by atoms with Crippen LogP contribution in [0.5, 0.6) is 11.8 Å². The maximum atomic E-state index is 5.22. The summed E-state index contributed by atoms with van der Waals surface area (Å²) in [7, 11) is 3.17. The highest BCUT2D eigenvalue weighted by atomic mass is 79.9. The number of rotatable bonds is 6. The van der Waals surface area contributed by atoms with Crippen molar-refractivity contribution in [2.75, 3.05) is 14.2 Å². The molecule has 0 unspecified atom stereocenters. The number of nitrogens with zero attached hydrogens (tertiary/aromatic N) is 2. The highest BCUT2D eigenvalue weighted by molar-refractivity contribution is 9.10. The van der Waals surface area contributed by atoms with Gasteiger partial charge in [-0.15, -0.1) is 11.3 Å². The van der Waals surface area contributed by atoms with E-state index in [-0.39, 0.29) is 0 Å². The summed E-state index contributed by atoms with van der Waals surface area (Å²) < 4.78 is 11.6. The summed E-state index contributed by atoms with van der Waals surface area (Å²) in [6.45, 7) is 1.34. The Morgan fingerprint density at radius 2 is 1.89 bits per heavy atom. The molecule has 7 heteroatoms. The number of halogens is 1. The zero-order valence-electron chi connectivity index (χ0n) is 10.6. The summed E-state index contributed by atoms with van der Waals surface area (Å²) in [4.78, 5) is 9.40. The van der Waals surface area contributed by atoms with E-state index >= 15 is 0 Å². The van der Waals surface area contributed by atoms with E-state index in [0.29, 0.717) is 18.3 Å². The first-order chi connectivity index (χ1) is 9.26.